The van der Waals surface area contributed by atoms with E-state index in [0.29, 0.717) is 23.2 Å². The zero-order valence-corrected chi connectivity index (χ0v) is 14.3. The standard InChI is InChI=1S/C14H20BrN3O4/c1-3-5-6-7-8-16(4-2)14-12(15)9-11(17(19)20)10-13(14)18(21)22/h9-10H,3-8H2,1-2H3. The summed E-state index contributed by atoms with van der Waals surface area (Å²) in [7, 11) is 0. The summed E-state index contributed by atoms with van der Waals surface area (Å²) in [4.78, 5) is 22.8. The maximum atomic E-state index is 11.3. The number of nitrogens with zero attached hydrogens (tertiary/aromatic N) is 3. The predicted octanol–water partition coefficient (Wildman–Crippen LogP) is 4.67. The average molecular weight is 374 g/mol. The van der Waals surface area contributed by atoms with Gasteiger partial charge in [-0.05, 0) is 29.3 Å². The first-order valence-corrected chi connectivity index (χ1v) is 8.08. The van der Waals surface area contributed by atoms with Gasteiger partial charge in [-0.3, -0.25) is 20.2 Å². The molecule has 0 saturated carbocycles. The fourth-order valence-electron chi connectivity index (χ4n) is 2.29. The van der Waals surface area contributed by atoms with Gasteiger partial charge in [0.1, 0.15) is 5.69 Å². The van der Waals surface area contributed by atoms with Crippen LogP contribution in [0.25, 0.3) is 0 Å². The van der Waals surface area contributed by atoms with Crippen molar-refractivity contribution < 1.29 is 9.85 Å². The van der Waals surface area contributed by atoms with Gasteiger partial charge in [0.2, 0.25) is 0 Å². The molecule has 0 aliphatic rings. The quantitative estimate of drug-likeness (QED) is 0.356. The van der Waals surface area contributed by atoms with Crippen molar-refractivity contribution in [3.8, 4) is 0 Å². The topological polar surface area (TPSA) is 89.5 Å². The first-order chi connectivity index (χ1) is 10.4. The number of nitro benzene ring substituents is 2. The number of benzene rings is 1. The van der Waals surface area contributed by atoms with Crippen LogP contribution in [0.5, 0.6) is 0 Å². The minimum atomic E-state index is -0.626. The smallest absolute Gasteiger partial charge is 0.300 e. The van der Waals surface area contributed by atoms with Crippen molar-refractivity contribution in [2.24, 2.45) is 0 Å². The lowest BCUT2D eigenvalue weighted by Gasteiger charge is -2.24. The summed E-state index contributed by atoms with van der Waals surface area (Å²) in [6.07, 6.45) is 4.24. The Kier molecular flexibility index (Phi) is 7.23. The van der Waals surface area contributed by atoms with Crippen LogP contribution in [0.15, 0.2) is 16.6 Å². The molecule has 0 aliphatic carbocycles. The normalized spacial score (nSPS) is 10.5. The molecule has 0 saturated heterocycles. The van der Waals surface area contributed by atoms with Gasteiger partial charge < -0.3 is 4.90 Å². The maximum Gasteiger partial charge on any atom is 0.300 e. The molecule has 1 aromatic rings. The van der Waals surface area contributed by atoms with Crippen LogP contribution in [-0.4, -0.2) is 22.9 Å². The van der Waals surface area contributed by atoms with Crippen molar-refractivity contribution in [1.82, 2.24) is 0 Å². The SMILES string of the molecule is CCCCCCN(CC)c1c(Br)cc([N+](=O)[O-])cc1[N+](=O)[O-]. The Morgan fingerprint density at radius 2 is 1.77 bits per heavy atom. The van der Waals surface area contributed by atoms with Crippen molar-refractivity contribution in [3.63, 3.8) is 0 Å². The summed E-state index contributed by atoms with van der Waals surface area (Å²) in [6.45, 7) is 5.32. The van der Waals surface area contributed by atoms with Gasteiger partial charge in [0.25, 0.3) is 5.69 Å². The van der Waals surface area contributed by atoms with E-state index in [2.05, 4.69) is 22.9 Å². The number of hydrogen-bond donors (Lipinski definition) is 0. The molecule has 0 bridgehead atoms. The monoisotopic (exact) mass is 373 g/mol. The van der Waals surface area contributed by atoms with Crippen molar-refractivity contribution in [2.45, 2.75) is 39.5 Å². The second-order valence-corrected chi connectivity index (χ2v) is 5.80. The number of unbranched alkanes of at least 4 members (excludes halogenated alkanes) is 3. The highest BCUT2D eigenvalue weighted by Gasteiger charge is 2.26. The molecule has 7 nitrogen and oxygen atoms in total. The van der Waals surface area contributed by atoms with Crippen LogP contribution >= 0.6 is 15.9 Å². The van der Waals surface area contributed by atoms with Crippen molar-refractivity contribution in [1.29, 1.82) is 0 Å². The van der Waals surface area contributed by atoms with Gasteiger partial charge in [-0.2, -0.15) is 0 Å². The molecule has 0 fully saturated rings. The molecule has 0 spiro atoms. The molecule has 22 heavy (non-hydrogen) atoms. The van der Waals surface area contributed by atoms with Gasteiger partial charge in [-0.15, -0.1) is 0 Å². The largest absolute Gasteiger partial charge is 0.365 e. The third kappa shape index (κ3) is 4.66. The van der Waals surface area contributed by atoms with Gasteiger partial charge in [0.15, 0.2) is 0 Å². The molecule has 0 heterocycles. The molecule has 0 atom stereocenters. The predicted molar refractivity (Wildman–Crippen MR) is 89.5 cm³/mol. The van der Waals surface area contributed by atoms with Crippen LogP contribution in [0.2, 0.25) is 0 Å². The Balaban J connectivity index is 3.13. The highest BCUT2D eigenvalue weighted by molar-refractivity contribution is 9.10. The lowest BCUT2D eigenvalue weighted by molar-refractivity contribution is -0.393. The van der Waals surface area contributed by atoms with Crippen LogP contribution in [0.1, 0.15) is 39.5 Å². The number of nitro groups is 2. The van der Waals surface area contributed by atoms with Gasteiger partial charge in [0, 0.05) is 19.2 Å². The summed E-state index contributed by atoms with van der Waals surface area (Å²) in [5, 5.41) is 22.2. The van der Waals surface area contributed by atoms with Gasteiger partial charge in [-0.1, -0.05) is 26.2 Å². The third-order valence-electron chi connectivity index (χ3n) is 3.42. The molecule has 8 heteroatoms. The fourth-order valence-corrected chi connectivity index (χ4v) is 2.97. The van der Waals surface area contributed by atoms with E-state index in [1.807, 2.05) is 11.8 Å². The van der Waals surface area contributed by atoms with Gasteiger partial charge in [-0.25, -0.2) is 0 Å². The van der Waals surface area contributed by atoms with Gasteiger partial charge in [0.05, 0.1) is 20.4 Å². The Morgan fingerprint density at radius 3 is 2.27 bits per heavy atom. The zero-order valence-electron chi connectivity index (χ0n) is 12.7. The van der Waals surface area contributed by atoms with Crippen molar-refractivity contribution >= 4 is 33.0 Å². The summed E-state index contributed by atoms with van der Waals surface area (Å²) in [6, 6.07) is 2.34. The molecule has 1 rings (SSSR count). The minimum absolute atomic E-state index is 0.238. The highest BCUT2D eigenvalue weighted by atomic mass is 79.9. The Morgan fingerprint density at radius 1 is 1.09 bits per heavy atom. The van der Waals surface area contributed by atoms with Crippen LogP contribution in [0.4, 0.5) is 17.1 Å². The second kappa shape index (κ2) is 8.67. The van der Waals surface area contributed by atoms with Crippen LogP contribution in [0.3, 0.4) is 0 Å². The molecule has 0 aromatic heterocycles. The summed E-state index contributed by atoms with van der Waals surface area (Å²) >= 11 is 3.25. The van der Waals surface area contributed by atoms with E-state index in [0.717, 1.165) is 31.7 Å². The van der Waals surface area contributed by atoms with E-state index >= 15 is 0 Å². The van der Waals surface area contributed by atoms with Crippen LogP contribution in [0, 0.1) is 20.2 Å². The molecule has 122 valence electrons. The first-order valence-electron chi connectivity index (χ1n) is 7.29. The molecule has 0 N–H and O–H groups in total. The number of rotatable bonds is 9. The van der Waals surface area contributed by atoms with E-state index in [4.69, 9.17) is 0 Å². The Bertz CT molecular complexity index is 551. The lowest BCUT2D eigenvalue weighted by atomic mass is 10.1. The minimum Gasteiger partial charge on any atom is -0.365 e. The summed E-state index contributed by atoms with van der Waals surface area (Å²) in [5.74, 6) is 0. The number of anilines is 1. The van der Waals surface area contributed by atoms with Gasteiger partial charge >= 0.3 is 5.69 Å². The molecule has 0 radical (unpaired) electrons. The number of halogens is 1. The second-order valence-electron chi connectivity index (χ2n) is 4.95. The van der Waals surface area contributed by atoms with Crippen molar-refractivity contribution in [2.75, 3.05) is 18.0 Å². The average Bonchev–Trinajstić information content (AvgIpc) is 2.47. The summed E-state index contributed by atoms with van der Waals surface area (Å²) < 4.78 is 0.380. The lowest BCUT2D eigenvalue weighted by Crippen LogP contribution is -2.25. The van der Waals surface area contributed by atoms with E-state index < -0.39 is 9.85 Å². The maximum absolute atomic E-state index is 11.3. The molecular formula is C14H20BrN3O4. The van der Waals surface area contributed by atoms with E-state index in [-0.39, 0.29) is 11.4 Å². The third-order valence-corrected chi connectivity index (χ3v) is 4.02. The Hall–Kier alpha value is -1.70. The van der Waals surface area contributed by atoms with Crippen LogP contribution < -0.4 is 4.90 Å². The number of hydrogen-bond acceptors (Lipinski definition) is 5. The molecule has 0 amide bonds. The number of non-ortho nitro benzene ring substituents is 1. The van der Waals surface area contributed by atoms with Crippen LogP contribution in [-0.2, 0) is 0 Å². The zero-order chi connectivity index (χ0) is 16.7. The molecule has 0 aliphatic heterocycles. The molecule has 0 unspecified atom stereocenters. The molecule has 1 aromatic carbocycles. The first kappa shape index (κ1) is 18.3. The molecular weight excluding hydrogens is 354 g/mol. The van der Waals surface area contributed by atoms with E-state index in [1.54, 1.807) is 0 Å². The van der Waals surface area contributed by atoms with E-state index in [1.165, 1.54) is 6.07 Å². The summed E-state index contributed by atoms with van der Waals surface area (Å²) in [5.41, 5.74) is -0.114. The van der Waals surface area contributed by atoms with E-state index in [9.17, 15) is 20.2 Å². The fraction of sp³-hybridized carbons (Fsp3) is 0.571. The van der Waals surface area contributed by atoms with Crippen molar-refractivity contribution in [3.05, 3.63) is 36.8 Å². The Labute approximate surface area is 137 Å². The highest BCUT2D eigenvalue weighted by Crippen LogP contribution is 2.39.